The Bertz CT molecular complexity index is 429. The zero-order chi connectivity index (χ0) is 14.7. The number of halogens is 2. The van der Waals surface area contributed by atoms with Crippen molar-refractivity contribution in [2.75, 3.05) is 19.8 Å². The number of morpholine rings is 1. The molecule has 3 rings (SSSR count). The number of hydrogen-bond acceptors (Lipinski definition) is 3. The normalized spacial score (nSPS) is 42.7. The van der Waals surface area contributed by atoms with Gasteiger partial charge in [0.2, 0.25) is 12.3 Å². The first-order valence-corrected chi connectivity index (χ1v) is 7.09. The highest BCUT2D eigenvalue weighted by Gasteiger charge is 2.63. The van der Waals surface area contributed by atoms with E-state index in [1.165, 1.54) is 6.92 Å². The van der Waals surface area contributed by atoms with E-state index in [1.54, 1.807) is 4.90 Å². The largest absolute Gasteiger partial charge is 0.376 e. The van der Waals surface area contributed by atoms with E-state index in [4.69, 9.17) is 9.47 Å². The van der Waals surface area contributed by atoms with Crippen LogP contribution in [0, 0.1) is 11.3 Å². The van der Waals surface area contributed by atoms with Crippen molar-refractivity contribution in [2.24, 2.45) is 11.3 Å². The van der Waals surface area contributed by atoms with Gasteiger partial charge in [0.05, 0.1) is 24.9 Å². The van der Waals surface area contributed by atoms with E-state index in [2.05, 4.69) is 0 Å². The van der Waals surface area contributed by atoms with E-state index in [9.17, 15) is 13.6 Å². The van der Waals surface area contributed by atoms with Crippen LogP contribution in [0.15, 0.2) is 0 Å². The monoisotopic (exact) mass is 289 g/mol. The van der Waals surface area contributed by atoms with Crippen molar-refractivity contribution in [1.29, 1.82) is 0 Å². The summed E-state index contributed by atoms with van der Waals surface area (Å²) in [5, 5.41) is 0. The van der Waals surface area contributed by atoms with Crippen LogP contribution in [-0.2, 0) is 14.3 Å². The molecule has 2 heterocycles. The summed E-state index contributed by atoms with van der Waals surface area (Å²) in [5.74, 6) is -0.720. The van der Waals surface area contributed by atoms with Gasteiger partial charge < -0.3 is 14.4 Å². The molecule has 1 saturated carbocycles. The van der Waals surface area contributed by atoms with Gasteiger partial charge in [-0.05, 0) is 20.3 Å². The second-order valence-corrected chi connectivity index (χ2v) is 7.05. The highest BCUT2D eigenvalue weighted by Crippen LogP contribution is 2.57. The number of rotatable bonds is 2. The van der Waals surface area contributed by atoms with E-state index in [0.717, 1.165) is 0 Å². The van der Waals surface area contributed by atoms with Gasteiger partial charge in [0.1, 0.15) is 6.10 Å². The Labute approximate surface area is 117 Å². The number of carbonyl (C=O) groups is 1. The number of amides is 1. The van der Waals surface area contributed by atoms with Crippen LogP contribution >= 0.6 is 0 Å². The molecule has 2 unspecified atom stereocenters. The molecule has 0 aromatic rings. The smallest absolute Gasteiger partial charge is 0.244 e. The van der Waals surface area contributed by atoms with Crippen molar-refractivity contribution < 1.29 is 23.0 Å². The number of fused-ring (bicyclic) bond motifs is 1. The summed E-state index contributed by atoms with van der Waals surface area (Å²) >= 11 is 0. The molecule has 1 aliphatic carbocycles. The van der Waals surface area contributed by atoms with Gasteiger partial charge in [0.15, 0.2) is 0 Å². The van der Waals surface area contributed by atoms with Gasteiger partial charge in [0.25, 0.3) is 0 Å². The molecule has 0 radical (unpaired) electrons. The number of carbonyl (C=O) groups excluding carboxylic acids is 1. The summed E-state index contributed by atoms with van der Waals surface area (Å²) in [4.78, 5) is 14.3. The average molecular weight is 289 g/mol. The Kier molecular flexibility index (Phi) is 3.10. The minimum atomic E-state index is -2.44. The molecule has 3 fully saturated rings. The molecule has 4 atom stereocenters. The molecule has 6 heteroatoms. The van der Waals surface area contributed by atoms with Crippen LogP contribution in [0.2, 0.25) is 0 Å². The number of ether oxygens (including phenoxy) is 2. The molecule has 1 amide bonds. The Hall–Kier alpha value is -0.750. The first kappa shape index (κ1) is 14.2. The van der Waals surface area contributed by atoms with Crippen molar-refractivity contribution in [3.63, 3.8) is 0 Å². The fourth-order valence-corrected chi connectivity index (χ4v) is 3.33. The first-order valence-electron chi connectivity index (χ1n) is 7.09. The van der Waals surface area contributed by atoms with Gasteiger partial charge in [-0.1, -0.05) is 6.92 Å². The maximum Gasteiger partial charge on any atom is 0.244 e. The van der Waals surface area contributed by atoms with Crippen molar-refractivity contribution in [1.82, 2.24) is 4.90 Å². The molecule has 0 aromatic heterocycles. The zero-order valence-electron chi connectivity index (χ0n) is 12.1. The van der Waals surface area contributed by atoms with Crippen molar-refractivity contribution in [2.45, 2.75) is 51.4 Å². The maximum atomic E-state index is 13.0. The minimum Gasteiger partial charge on any atom is -0.376 e. The lowest BCUT2D eigenvalue weighted by atomic mass is 9.99. The van der Waals surface area contributed by atoms with Crippen LogP contribution in [0.25, 0.3) is 0 Å². The van der Waals surface area contributed by atoms with Crippen LogP contribution in [0.1, 0.15) is 27.2 Å². The van der Waals surface area contributed by atoms with Crippen molar-refractivity contribution in [3.8, 4) is 0 Å². The highest BCUT2D eigenvalue weighted by molar-refractivity contribution is 5.83. The fraction of sp³-hybridized carbons (Fsp3) is 0.929. The molecule has 0 bridgehead atoms. The quantitative estimate of drug-likeness (QED) is 0.776. The molecule has 114 valence electrons. The van der Waals surface area contributed by atoms with E-state index in [-0.39, 0.29) is 24.5 Å². The van der Waals surface area contributed by atoms with Gasteiger partial charge in [0, 0.05) is 17.9 Å². The molecule has 0 spiro atoms. The standard InChI is InChI=1S/C14H21F2NO3/c1-13(2)7-17(9-5-19-6-10(9)20-13)11(18)8-4-14(8,3)12(15)16/h8-10,12H,4-7H2,1-3H3/t8?,9-,10-,14?/m1/s1. The van der Waals surface area contributed by atoms with E-state index >= 15 is 0 Å². The zero-order valence-corrected chi connectivity index (χ0v) is 12.1. The third-order valence-electron chi connectivity index (χ3n) is 4.78. The minimum absolute atomic E-state index is 0.127. The number of alkyl halides is 2. The molecule has 2 saturated heterocycles. The molecule has 20 heavy (non-hydrogen) atoms. The lowest BCUT2D eigenvalue weighted by Gasteiger charge is -2.45. The molecule has 3 aliphatic rings. The topological polar surface area (TPSA) is 38.8 Å². The van der Waals surface area contributed by atoms with Crippen molar-refractivity contribution >= 4 is 5.91 Å². The predicted molar refractivity (Wildman–Crippen MR) is 67.5 cm³/mol. The van der Waals surface area contributed by atoms with Crippen LogP contribution < -0.4 is 0 Å². The molecule has 2 aliphatic heterocycles. The SMILES string of the molecule is CC1(C)CN(C(=O)C2CC2(C)C(F)F)[C@@H]2COC[C@H]2O1. The van der Waals surface area contributed by atoms with E-state index in [0.29, 0.717) is 19.8 Å². The fourth-order valence-electron chi connectivity index (χ4n) is 3.33. The van der Waals surface area contributed by atoms with Gasteiger partial charge in [-0.2, -0.15) is 0 Å². The van der Waals surface area contributed by atoms with E-state index in [1.807, 2.05) is 13.8 Å². The van der Waals surface area contributed by atoms with Gasteiger partial charge in [-0.3, -0.25) is 4.79 Å². The molecule has 4 nitrogen and oxygen atoms in total. The summed E-state index contributed by atoms with van der Waals surface area (Å²) in [5.41, 5.74) is -1.60. The molecule has 0 N–H and O–H groups in total. The maximum absolute atomic E-state index is 13.0. The third-order valence-corrected chi connectivity index (χ3v) is 4.78. The summed E-state index contributed by atoms with van der Waals surface area (Å²) < 4.78 is 37.3. The van der Waals surface area contributed by atoms with Gasteiger partial charge in [-0.15, -0.1) is 0 Å². The second kappa shape index (κ2) is 4.37. The predicted octanol–water partition coefficient (Wildman–Crippen LogP) is 1.68. The van der Waals surface area contributed by atoms with Crippen LogP contribution in [0.5, 0.6) is 0 Å². The Balaban J connectivity index is 1.77. The molecular formula is C14H21F2NO3. The summed E-state index contributed by atoms with van der Waals surface area (Å²) in [7, 11) is 0. The van der Waals surface area contributed by atoms with E-state index < -0.39 is 23.4 Å². The highest BCUT2D eigenvalue weighted by atomic mass is 19.3. The second-order valence-electron chi connectivity index (χ2n) is 7.05. The van der Waals surface area contributed by atoms with Crippen LogP contribution in [-0.4, -0.2) is 54.7 Å². The lowest BCUT2D eigenvalue weighted by molar-refractivity contribution is -0.171. The average Bonchev–Trinajstić information content (AvgIpc) is 2.83. The van der Waals surface area contributed by atoms with Crippen LogP contribution in [0.3, 0.4) is 0 Å². The Morgan fingerprint density at radius 1 is 1.30 bits per heavy atom. The molecule has 0 aromatic carbocycles. The first-order chi connectivity index (χ1) is 9.24. The number of hydrogen-bond donors (Lipinski definition) is 0. The summed E-state index contributed by atoms with van der Waals surface area (Å²) in [6.45, 7) is 6.67. The Morgan fingerprint density at radius 2 is 2.00 bits per heavy atom. The lowest BCUT2D eigenvalue weighted by Crippen LogP contribution is -2.60. The Morgan fingerprint density at radius 3 is 2.60 bits per heavy atom. The van der Waals surface area contributed by atoms with Gasteiger partial charge >= 0.3 is 0 Å². The number of nitrogens with zero attached hydrogens (tertiary/aromatic N) is 1. The summed E-state index contributed by atoms with van der Waals surface area (Å²) in [6, 6.07) is -0.127. The molecular weight excluding hydrogens is 268 g/mol. The summed E-state index contributed by atoms with van der Waals surface area (Å²) in [6.07, 6.45) is -2.31. The third kappa shape index (κ3) is 2.13. The van der Waals surface area contributed by atoms with Crippen molar-refractivity contribution in [3.05, 3.63) is 0 Å². The van der Waals surface area contributed by atoms with Gasteiger partial charge in [-0.25, -0.2) is 8.78 Å². The van der Waals surface area contributed by atoms with Crippen LogP contribution in [0.4, 0.5) is 8.78 Å².